The molecule has 0 unspecified atom stereocenters. The molecule has 0 spiro atoms. The van der Waals surface area contributed by atoms with Gasteiger partial charge in [0.25, 0.3) is 11.8 Å². The fourth-order valence-electron chi connectivity index (χ4n) is 2.60. The van der Waals surface area contributed by atoms with Gasteiger partial charge in [0.15, 0.2) is 0 Å². The number of nitrogens with zero attached hydrogens (tertiary/aromatic N) is 2. The highest BCUT2D eigenvalue weighted by molar-refractivity contribution is 6.05. The number of nitrogens with two attached hydrogens (primary N) is 1. The summed E-state index contributed by atoms with van der Waals surface area (Å²) in [5.74, 6) is -0.743. The molecule has 0 saturated carbocycles. The van der Waals surface area contributed by atoms with E-state index in [4.69, 9.17) is 5.73 Å². The standard InChI is InChI=1S/C18H26N6O3/c1-4-7-20-17(26)14-9-13(11-23(14)2)22-18(27)15-8-12(10-24(15)3)21-16(25)5-6-19/h8-11H,4-7,19H2,1-3H3,(H,20,26)(H,21,25)(H,22,27). The third kappa shape index (κ3) is 5.20. The Balaban J connectivity index is 2.08. The minimum atomic E-state index is -0.344. The van der Waals surface area contributed by atoms with E-state index in [-0.39, 0.29) is 30.7 Å². The molecule has 5 N–H and O–H groups in total. The van der Waals surface area contributed by atoms with Crippen LogP contribution in [0.1, 0.15) is 40.7 Å². The van der Waals surface area contributed by atoms with Crippen molar-refractivity contribution in [1.82, 2.24) is 14.5 Å². The largest absolute Gasteiger partial charge is 0.351 e. The number of hydrogen-bond donors (Lipinski definition) is 4. The minimum Gasteiger partial charge on any atom is -0.351 e. The van der Waals surface area contributed by atoms with Gasteiger partial charge in [-0.2, -0.15) is 0 Å². The molecule has 2 aromatic heterocycles. The van der Waals surface area contributed by atoms with Crippen molar-refractivity contribution in [2.45, 2.75) is 19.8 Å². The summed E-state index contributed by atoms with van der Waals surface area (Å²) in [6.07, 6.45) is 4.38. The Kier molecular flexibility index (Phi) is 6.78. The maximum Gasteiger partial charge on any atom is 0.272 e. The van der Waals surface area contributed by atoms with Gasteiger partial charge in [-0.25, -0.2) is 0 Å². The summed E-state index contributed by atoms with van der Waals surface area (Å²) in [6.45, 7) is 2.82. The topological polar surface area (TPSA) is 123 Å². The summed E-state index contributed by atoms with van der Waals surface area (Å²) in [4.78, 5) is 36.3. The summed E-state index contributed by atoms with van der Waals surface area (Å²) in [5.41, 5.74) is 7.22. The second kappa shape index (κ2) is 9.04. The van der Waals surface area contributed by atoms with Crippen LogP contribution < -0.4 is 21.7 Å². The Labute approximate surface area is 157 Å². The van der Waals surface area contributed by atoms with Crippen molar-refractivity contribution in [3.63, 3.8) is 0 Å². The first-order chi connectivity index (χ1) is 12.8. The third-order valence-corrected chi connectivity index (χ3v) is 3.92. The number of anilines is 2. The van der Waals surface area contributed by atoms with E-state index >= 15 is 0 Å². The van der Waals surface area contributed by atoms with Crippen LogP contribution in [0.15, 0.2) is 24.5 Å². The molecule has 0 aliphatic carbocycles. The molecule has 0 fully saturated rings. The fraction of sp³-hybridized carbons (Fsp3) is 0.389. The van der Waals surface area contributed by atoms with Crippen molar-refractivity contribution in [3.8, 4) is 0 Å². The van der Waals surface area contributed by atoms with Gasteiger partial charge in [0.1, 0.15) is 11.4 Å². The first-order valence-electron chi connectivity index (χ1n) is 8.77. The van der Waals surface area contributed by atoms with Gasteiger partial charge in [0.05, 0.1) is 11.4 Å². The first-order valence-corrected chi connectivity index (χ1v) is 8.77. The number of nitrogens with one attached hydrogen (secondary N) is 3. The lowest BCUT2D eigenvalue weighted by Crippen LogP contribution is -2.25. The Hall–Kier alpha value is -3.07. The van der Waals surface area contributed by atoms with Gasteiger partial charge in [-0.05, 0) is 18.6 Å². The minimum absolute atomic E-state index is 0.191. The Morgan fingerprint density at radius 2 is 1.52 bits per heavy atom. The Morgan fingerprint density at radius 1 is 0.963 bits per heavy atom. The molecule has 2 aromatic rings. The number of amides is 3. The van der Waals surface area contributed by atoms with Crippen LogP contribution in [0.5, 0.6) is 0 Å². The smallest absolute Gasteiger partial charge is 0.272 e. The number of carbonyl (C=O) groups excluding carboxylic acids is 3. The van der Waals surface area contributed by atoms with E-state index in [9.17, 15) is 14.4 Å². The van der Waals surface area contributed by atoms with Crippen LogP contribution in [0.4, 0.5) is 11.4 Å². The zero-order valence-corrected chi connectivity index (χ0v) is 15.8. The van der Waals surface area contributed by atoms with Gasteiger partial charge < -0.3 is 30.8 Å². The van der Waals surface area contributed by atoms with Crippen LogP contribution in [-0.2, 0) is 18.9 Å². The molecule has 0 aromatic carbocycles. The maximum absolute atomic E-state index is 12.5. The number of aryl methyl sites for hydroxylation is 2. The highest BCUT2D eigenvalue weighted by atomic mass is 16.2. The van der Waals surface area contributed by atoms with E-state index in [1.165, 1.54) is 0 Å². The summed E-state index contributed by atoms with van der Waals surface area (Å²) in [5, 5.41) is 8.27. The average Bonchev–Trinajstić information content (AvgIpc) is 3.15. The fourth-order valence-corrected chi connectivity index (χ4v) is 2.60. The molecular formula is C18H26N6O3. The Bertz CT molecular complexity index is 836. The zero-order chi connectivity index (χ0) is 20.0. The van der Waals surface area contributed by atoms with E-state index in [2.05, 4.69) is 16.0 Å². The van der Waals surface area contributed by atoms with Gasteiger partial charge in [0, 0.05) is 46.0 Å². The molecule has 0 bridgehead atoms. The Morgan fingerprint density at radius 3 is 2.07 bits per heavy atom. The first kappa shape index (κ1) is 20.2. The molecule has 0 radical (unpaired) electrons. The normalized spacial score (nSPS) is 10.5. The van der Waals surface area contributed by atoms with Gasteiger partial charge >= 0.3 is 0 Å². The summed E-state index contributed by atoms with van der Waals surface area (Å²) in [7, 11) is 3.45. The molecule has 0 aliphatic heterocycles. The summed E-state index contributed by atoms with van der Waals surface area (Å²) in [6, 6.07) is 3.21. The van der Waals surface area contributed by atoms with Crippen molar-refractivity contribution in [2.24, 2.45) is 19.8 Å². The third-order valence-electron chi connectivity index (χ3n) is 3.92. The van der Waals surface area contributed by atoms with Crippen LogP contribution in [0.3, 0.4) is 0 Å². The molecular weight excluding hydrogens is 348 g/mol. The molecule has 0 aliphatic rings. The van der Waals surface area contributed by atoms with Crippen LogP contribution in [0.25, 0.3) is 0 Å². The molecule has 2 rings (SSSR count). The summed E-state index contributed by atoms with van der Waals surface area (Å²) < 4.78 is 3.27. The van der Waals surface area contributed by atoms with Crippen LogP contribution in [0, 0.1) is 0 Å². The SMILES string of the molecule is CCCNC(=O)c1cc(NC(=O)c2cc(NC(=O)CCN)cn2C)cn1C. The highest BCUT2D eigenvalue weighted by Gasteiger charge is 2.16. The molecule has 2 heterocycles. The van der Waals surface area contributed by atoms with E-state index in [1.807, 2.05) is 6.92 Å². The lowest BCUT2D eigenvalue weighted by molar-refractivity contribution is -0.116. The molecule has 9 heteroatoms. The zero-order valence-electron chi connectivity index (χ0n) is 15.8. The monoisotopic (exact) mass is 374 g/mol. The quantitative estimate of drug-likeness (QED) is 0.551. The van der Waals surface area contributed by atoms with Crippen molar-refractivity contribution in [1.29, 1.82) is 0 Å². The van der Waals surface area contributed by atoms with E-state index in [0.29, 0.717) is 29.3 Å². The second-order valence-electron chi connectivity index (χ2n) is 6.25. The molecule has 0 saturated heterocycles. The predicted octanol–water partition coefficient (Wildman–Crippen LogP) is 1.04. The lowest BCUT2D eigenvalue weighted by atomic mass is 10.3. The van der Waals surface area contributed by atoms with Crippen molar-refractivity contribution in [3.05, 3.63) is 35.9 Å². The number of aromatic nitrogens is 2. The predicted molar refractivity (Wildman–Crippen MR) is 104 cm³/mol. The van der Waals surface area contributed by atoms with Crippen LogP contribution >= 0.6 is 0 Å². The van der Waals surface area contributed by atoms with Gasteiger partial charge in [-0.1, -0.05) is 6.92 Å². The maximum atomic E-state index is 12.5. The van der Waals surface area contributed by atoms with Gasteiger partial charge in [-0.3, -0.25) is 14.4 Å². The van der Waals surface area contributed by atoms with E-state index in [0.717, 1.165) is 6.42 Å². The number of rotatable bonds is 8. The molecule has 146 valence electrons. The molecule has 3 amide bonds. The highest BCUT2D eigenvalue weighted by Crippen LogP contribution is 2.17. The summed E-state index contributed by atoms with van der Waals surface area (Å²) >= 11 is 0. The number of carbonyl (C=O) groups is 3. The van der Waals surface area contributed by atoms with Crippen molar-refractivity contribution in [2.75, 3.05) is 23.7 Å². The van der Waals surface area contributed by atoms with Crippen molar-refractivity contribution < 1.29 is 14.4 Å². The van der Waals surface area contributed by atoms with Gasteiger partial charge in [-0.15, -0.1) is 0 Å². The van der Waals surface area contributed by atoms with Gasteiger partial charge in [0.2, 0.25) is 5.91 Å². The van der Waals surface area contributed by atoms with Crippen LogP contribution in [0.2, 0.25) is 0 Å². The van der Waals surface area contributed by atoms with E-state index in [1.54, 1.807) is 47.8 Å². The van der Waals surface area contributed by atoms with E-state index < -0.39 is 0 Å². The second-order valence-corrected chi connectivity index (χ2v) is 6.25. The van der Waals surface area contributed by atoms with Crippen LogP contribution in [-0.4, -0.2) is 39.9 Å². The lowest BCUT2D eigenvalue weighted by Gasteiger charge is -2.03. The molecule has 27 heavy (non-hydrogen) atoms. The molecule has 9 nitrogen and oxygen atoms in total. The number of hydrogen-bond acceptors (Lipinski definition) is 4. The average molecular weight is 374 g/mol. The van der Waals surface area contributed by atoms with Crippen molar-refractivity contribution >= 4 is 29.1 Å². The molecule has 0 atom stereocenters.